The lowest BCUT2D eigenvalue weighted by atomic mass is 10.2. The minimum absolute atomic E-state index is 0. The third kappa shape index (κ3) is 7.56. The summed E-state index contributed by atoms with van der Waals surface area (Å²) in [6.07, 6.45) is -0.477. The molecule has 1 aromatic carbocycles. The van der Waals surface area contributed by atoms with Crippen LogP contribution in [0.1, 0.15) is 6.42 Å². The Labute approximate surface area is 131 Å². The molecule has 9 heteroatoms. The molecule has 0 saturated heterocycles. The highest BCUT2D eigenvalue weighted by atomic mass is 35.5. The van der Waals surface area contributed by atoms with Crippen LogP contribution in [0.4, 0.5) is 18.9 Å². The molecule has 0 fully saturated rings. The summed E-state index contributed by atoms with van der Waals surface area (Å²) < 4.78 is 42.1. The highest BCUT2D eigenvalue weighted by Crippen LogP contribution is 2.40. The van der Waals surface area contributed by atoms with Crippen LogP contribution in [-0.4, -0.2) is 31.2 Å². The topological polar surface area (TPSA) is 64.3 Å². The molecule has 0 aliphatic carbocycles. The van der Waals surface area contributed by atoms with Crippen LogP contribution >= 0.6 is 24.2 Å². The summed E-state index contributed by atoms with van der Waals surface area (Å²) in [6.45, 7) is 0.156. The fourth-order valence-corrected chi connectivity index (χ4v) is 2.08. The van der Waals surface area contributed by atoms with Gasteiger partial charge in [-0.1, -0.05) is 12.1 Å². The number of benzene rings is 1. The third-order valence-corrected chi connectivity index (χ3v) is 3.20. The van der Waals surface area contributed by atoms with Crippen molar-refractivity contribution >= 4 is 35.8 Å². The van der Waals surface area contributed by atoms with Crippen molar-refractivity contribution in [1.29, 1.82) is 0 Å². The van der Waals surface area contributed by atoms with Gasteiger partial charge in [-0.25, -0.2) is 0 Å². The van der Waals surface area contributed by atoms with Crippen LogP contribution in [0, 0.1) is 0 Å². The van der Waals surface area contributed by atoms with Gasteiger partial charge in [0.05, 0.1) is 18.2 Å². The Kier molecular flexibility index (Phi) is 8.72. The summed E-state index contributed by atoms with van der Waals surface area (Å²) in [7, 11) is 1.41. The van der Waals surface area contributed by atoms with Crippen molar-refractivity contribution in [3.05, 3.63) is 24.3 Å². The first-order chi connectivity index (χ1) is 9.35. The van der Waals surface area contributed by atoms with Gasteiger partial charge in [-0.05, 0) is 23.9 Å². The quantitative estimate of drug-likeness (QED) is 0.779. The Bertz CT molecular complexity index is 456. The van der Waals surface area contributed by atoms with Crippen molar-refractivity contribution in [2.45, 2.75) is 22.9 Å². The van der Waals surface area contributed by atoms with E-state index < -0.39 is 17.5 Å². The number of ether oxygens (including phenoxy) is 1. The first-order valence-corrected chi connectivity index (χ1v) is 6.55. The van der Waals surface area contributed by atoms with E-state index in [1.54, 1.807) is 6.07 Å². The molecule has 0 aliphatic rings. The van der Waals surface area contributed by atoms with Gasteiger partial charge in [0, 0.05) is 18.6 Å². The Morgan fingerprint density at radius 1 is 1.43 bits per heavy atom. The Morgan fingerprint density at radius 2 is 2.05 bits per heavy atom. The van der Waals surface area contributed by atoms with Gasteiger partial charge in [-0.2, -0.15) is 13.2 Å². The number of thioether (sulfide) groups is 1. The second-order valence-electron chi connectivity index (χ2n) is 3.89. The number of carbonyl (C=O) groups excluding carboxylic acids is 1. The number of hydrogen-bond acceptors (Lipinski definition) is 4. The van der Waals surface area contributed by atoms with Crippen LogP contribution in [0.2, 0.25) is 0 Å². The predicted molar refractivity (Wildman–Crippen MR) is 78.7 cm³/mol. The summed E-state index contributed by atoms with van der Waals surface area (Å²) in [5.41, 5.74) is 1.09. The standard InChI is InChI=1S/C12H15F3N2O2S.ClH/c1-19-8(7-16)6-11(18)17-9-4-2-3-5-10(9)20-12(13,14)15;/h2-5,8H,6-7,16H2,1H3,(H,17,18);1H. The third-order valence-electron chi connectivity index (χ3n) is 2.40. The zero-order chi connectivity index (χ0) is 15.2. The molecular formula is C12H16ClF3N2O2S. The lowest BCUT2D eigenvalue weighted by Crippen LogP contribution is -2.28. The normalized spacial score (nSPS) is 12.4. The van der Waals surface area contributed by atoms with E-state index in [4.69, 9.17) is 10.5 Å². The average Bonchev–Trinajstić information content (AvgIpc) is 2.36. The number of para-hydroxylation sites is 1. The molecule has 120 valence electrons. The molecule has 1 amide bonds. The summed E-state index contributed by atoms with van der Waals surface area (Å²) in [6, 6.07) is 5.73. The van der Waals surface area contributed by atoms with Crippen molar-refractivity contribution in [1.82, 2.24) is 0 Å². The first kappa shape index (κ1) is 20.0. The average molecular weight is 345 g/mol. The van der Waals surface area contributed by atoms with Crippen molar-refractivity contribution in [2.24, 2.45) is 5.73 Å². The zero-order valence-electron chi connectivity index (χ0n) is 11.1. The van der Waals surface area contributed by atoms with Gasteiger partial charge in [0.25, 0.3) is 0 Å². The number of methoxy groups -OCH3 is 1. The monoisotopic (exact) mass is 344 g/mol. The molecule has 0 spiro atoms. The molecule has 0 radical (unpaired) electrons. The predicted octanol–water partition coefficient (Wildman–Crippen LogP) is 3.02. The van der Waals surface area contributed by atoms with E-state index in [9.17, 15) is 18.0 Å². The molecule has 0 bridgehead atoms. The lowest BCUT2D eigenvalue weighted by molar-refractivity contribution is -0.118. The minimum Gasteiger partial charge on any atom is -0.380 e. The zero-order valence-corrected chi connectivity index (χ0v) is 12.8. The Hall–Kier alpha value is -0.960. The molecule has 0 heterocycles. The number of nitrogens with two attached hydrogens (primary N) is 1. The first-order valence-electron chi connectivity index (χ1n) is 5.73. The van der Waals surface area contributed by atoms with E-state index in [1.165, 1.54) is 25.3 Å². The van der Waals surface area contributed by atoms with Crippen LogP contribution in [0.25, 0.3) is 0 Å². The fraction of sp³-hybridized carbons (Fsp3) is 0.417. The van der Waals surface area contributed by atoms with Crippen LogP contribution in [0.15, 0.2) is 29.2 Å². The molecule has 1 unspecified atom stereocenters. The number of amides is 1. The van der Waals surface area contributed by atoms with E-state index in [1.807, 2.05) is 0 Å². The molecule has 1 atom stereocenters. The SMILES string of the molecule is COC(CN)CC(=O)Nc1ccccc1SC(F)(F)F.Cl. The number of rotatable bonds is 6. The lowest BCUT2D eigenvalue weighted by Gasteiger charge is -2.15. The van der Waals surface area contributed by atoms with E-state index >= 15 is 0 Å². The molecular weight excluding hydrogens is 329 g/mol. The molecule has 4 nitrogen and oxygen atoms in total. The number of nitrogens with one attached hydrogen (secondary N) is 1. The minimum atomic E-state index is -4.41. The number of alkyl halides is 3. The van der Waals surface area contributed by atoms with Crippen LogP contribution in [0.3, 0.4) is 0 Å². The highest BCUT2D eigenvalue weighted by molar-refractivity contribution is 8.00. The summed E-state index contributed by atoms with van der Waals surface area (Å²) in [5.74, 6) is -0.447. The molecule has 21 heavy (non-hydrogen) atoms. The maximum atomic E-state index is 12.4. The fourth-order valence-electron chi connectivity index (χ4n) is 1.45. The van der Waals surface area contributed by atoms with Gasteiger partial charge in [0.2, 0.25) is 5.91 Å². The van der Waals surface area contributed by atoms with Crippen molar-refractivity contribution < 1.29 is 22.7 Å². The van der Waals surface area contributed by atoms with Gasteiger partial charge in [0.15, 0.2) is 0 Å². The van der Waals surface area contributed by atoms with Crippen molar-refractivity contribution in [3.8, 4) is 0 Å². The molecule has 3 N–H and O–H groups in total. The van der Waals surface area contributed by atoms with E-state index in [0.717, 1.165) is 0 Å². The van der Waals surface area contributed by atoms with Gasteiger partial charge >= 0.3 is 5.51 Å². The number of halogens is 4. The second-order valence-corrected chi connectivity index (χ2v) is 5.00. The molecule has 0 aliphatic heterocycles. The molecule has 0 saturated carbocycles. The maximum Gasteiger partial charge on any atom is 0.446 e. The van der Waals surface area contributed by atoms with Crippen LogP contribution < -0.4 is 11.1 Å². The number of hydrogen-bond donors (Lipinski definition) is 2. The highest BCUT2D eigenvalue weighted by Gasteiger charge is 2.30. The van der Waals surface area contributed by atoms with Crippen LogP contribution in [-0.2, 0) is 9.53 Å². The summed E-state index contributed by atoms with van der Waals surface area (Å²) in [4.78, 5) is 11.7. The van der Waals surface area contributed by atoms with Crippen LogP contribution in [0.5, 0.6) is 0 Å². The van der Waals surface area contributed by atoms with E-state index in [0.29, 0.717) is 0 Å². The number of anilines is 1. The molecule has 1 aromatic rings. The smallest absolute Gasteiger partial charge is 0.380 e. The second kappa shape index (κ2) is 9.14. The molecule has 0 aromatic heterocycles. The van der Waals surface area contributed by atoms with Gasteiger partial charge in [-0.3, -0.25) is 4.79 Å². The summed E-state index contributed by atoms with van der Waals surface area (Å²) in [5, 5.41) is 2.44. The Balaban J connectivity index is 0.00000400. The Morgan fingerprint density at radius 3 is 2.57 bits per heavy atom. The van der Waals surface area contributed by atoms with E-state index in [-0.39, 0.29) is 47.7 Å². The van der Waals surface area contributed by atoms with Crippen molar-refractivity contribution in [2.75, 3.05) is 19.0 Å². The van der Waals surface area contributed by atoms with Gasteiger partial charge in [0.1, 0.15) is 0 Å². The van der Waals surface area contributed by atoms with E-state index in [2.05, 4.69) is 5.32 Å². The van der Waals surface area contributed by atoms with Crippen molar-refractivity contribution in [3.63, 3.8) is 0 Å². The maximum absolute atomic E-state index is 12.4. The van der Waals surface area contributed by atoms with Gasteiger partial charge in [-0.15, -0.1) is 12.4 Å². The number of carbonyl (C=O) groups is 1. The largest absolute Gasteiger partial charge is 0.446 e. The van der Waals surface area contributed by atoms with Gasteiger partial charge < -0.3 is 15.8 Å². The molecule has 1 rings (SSSR count). The summed E-state index contributed by atoms with van der Waals surface area (Å²) >= 11 is -0.271.